The van der Waals surface area contributed by atoms with Gasteiger partial charge in [0.25, 0.3) is 5.91 Å². The molecule has 138 valence electrons. The van der Waals surface area contributed by atoms with Crippen molar-refractivity contribution in [2.75, 3.05) is 39.1 Å². The lowest BCUT2D eigenvalue weighted by Crippen LogP contribution is -2.34. The molecule has 26 heavy (non-hydrogen) atoms. The number of amides is 1. The summed E-state index contributed by atoms with van der Waals surface area (Å²) in [4.78, 5) is 16.9. The van der Waals surface area contributed by atoms with Gasteiger partial charge in [0.1, 0.15) is 0 Å². The van der Waals surface area contributed by atoms with Crippen molar-refractivity contribution in [2.45, 2.75) is 18.9 Å². The average molecular weight is 416 g/mol. The molecule has 0 bridgehead atoms. The van der Waals surface area contributed by atoms with Crippen LogP contribution in [0.5, 0.6) is 0 Å². The Hall–Kier alpha value is -1.85. The first-order valence-corrected chi connectivity index (χ1v) is 9.79. The van der Waals surface area contributed by atoms with Gasteiger partial charge in [-0.3, -0.25) is 4.79 Å². The monoisotopic (exact) mass is 415 g/mol. The highest BCUT2D eigenvalue weighted by Crippen LogP contribution is 2.30. The number of nitrogens with one attached hydrogen (secondary N) is 1. The van der Waals surface area contributed by atoms with Gasteiger partial charge >= 0.3 is 0 Å². The van der Waals surface area contributed by atoms with Crippen molar-refractivity contribution in [1.82, 2.24) is 10.2 Å². The zero-order chi connectivity index (χ0) is 18.7. The molecule has 0 saturated heterocycles. The van der Waals surface area contributed by atoms with Crippen LogP contribution in [-0.4, -0.2) is 45.0 Å². The van der Waals surface area contributed by atoms with E-state index in [1.54, 1.807) is 0 Å². The lowest BCUT2D eigenvalue weighted by Gasteiger charge is -2.30. The fourth-order valence-corrected chi connectivity index (χ4v) is 3.77. The molecule has 1 amide bonds. The Kier molecular flexibility index (Phi) is 5.99. The number of carbonyl (C=O) groups excluding carboxylic acids is 1. The van der Waals surface area contributed by atoms with Crippen LogP contribution in [0.3, 0.4) is 0 Å². The van der Waals surface area contributed by atoms with E-state index in [9.17, 15) is 4.79 Å². The Bertz CT molecular complexity index is 773. The summed E-state index contributed by atoms with van der Waals surface area (Å²) in [7, 11) is 6.27. The first kappa shape index (κ1) is 18.9. The highest BCUT2D eigenvalue weighted by molar-refractivity contribution is 9.10. The second-order valence-electron chi connectivity index (χ2n) is 7.11. The maximum Gasteiger partial charge on any atom is 0.251 e. The quantitative estimate of drug-likeness (QED) is 0.804. The summed E-state index contributed by atoms with van der Waals surface area (Å²) in [5, 5.41) is 3.08. The van der Waals surface area contributed by atoms with E-state index in [0.29, 0.717) is 12.1 Å². The molecule has 1 N–H and O–H groups in total. The number of halogens is 1. The Balaban J connectivity index is 1.73. The van der Waals surface area contributed by atoms with Gasteiger partial charge in [-0.25, -0.2) is 0 Å². The summed E-state index contributed by atoms with van der Waals surface area (Å²) in [6.07, 6.45) is 2.32. The van der Waals surface area contributed by atoms with Crippen molar-refractivity contribution in [1.29, 1.82) is 0 Å². The Morgan fingerprint density at radius 3 is 2.65 bits per heavy atom. The largest absolute Gasteiger partial charge is 0.374 e. The van der Waals surface area contributed by atoms with Gasteiger partial charge in [0, 0.05) is 35.9 Å². The van der Waals surface area contributed by atoms with Crippen molar-refractivity contribution in [3.63, 3.8) is 0 Å². The van der Waals surface area contributed by atoms with Crippen LogP contribution in [0.15, 0.2) is 46.9 Å². The van der Waals surface area contributed by atoms with E-state index in [4.69, 9.17) is 0 Å². The van der Waals surface area contributed by atoms with Gasteiger partial charge < -0.3 is 15.1 Å². The van der Waals surface area contributed by atoms with E-state index in [2.05, 4.69) is 70.4 Å². The SMILES string of the molecule is CN1CCCc2cc([C@@H](CNC(=O)c3ccc(Br)cc3)N(C)C)ccc21. The Morgan fingerprint density at radius 2 is 1.96 bits per heavy atom. The molecule has 2 aromatic carbocycles. The first-order valence-electron chi connectivity index (χ1n) is 9.00. The number of fused-ring (bicyclic) bond motifs is 1. The van der Waals surface area contributed by atoms with Crippen LogP contribution >= 0.6 is 15.9 Å². The Labute approximate surface area is 164 Å². The van der Waals surface area contributed by atoms with Crippen LogP contribution in [0.25, 0.3) is 0 Å². The van der Waals surface area contributed by atoms with Gasteiger partial charge in [-0.1, -0.05) is 28.1 Å². The zero-order valence-corrected chi connectivity index (χ0v) is 17.2. The van der Waals surface area contributed by atoms with E-state index < -0.39 is 0 Å². The number of benzene rings is 2. The molecule has 5 heteroatoms. The van der Waals surface area contributed by atoms with Crippen molar-refractivity contribution in [3.05, 3.63) is 63.6 Å². The lowest BCUT2D eigenvalue weighted by molar-refractivity contribution is 0.0942. The van der Waals surface area contributed by atoms with E-state index in [1.807, 2.05) is 24.3 Å². The van der Waals surface area contributed by atoms with Crippen LogP contribution < -0.4 is 10.2 Å². The highest BCUT2D eigenvalue weighted by Gasteiger charge is 2.20. The van der Waals surface area contributed by atoms with E-state index >= 15 is 0 Å². The number of anilines is 1. The third-order valence-electron chi connectivity index (χ3n) is 5.02. The minimum absolute atomic E-state index is 0.0398. The molecule has 0 aromatic heterocycles. The zero-order valence-electron chi connectivity index (χ0n) is 15.6. The molecular formula is C21H26BrN3O. The van der Waals surface area contributed by atoms with Crippen LogP contribution in [0.2, 0.25) is 0 Å². The molecule has 1 heterocycles. The number of likely N-dealkylation sites (N-methyl/N-ethyl adjacent to an activating group) is 1. The number of rotatable bonds is 5. The van der Waals surface area contributed by atoms with Gasteiger partial charge in [-0.15, -0.1) is 0 Å². The Morgan fingerprint density at radius 1 is 1.23 bits per heavy atom. The van der Waals surface area contributed by atoms with Gasteiger partial charge in [0.15, 0.2) is 0 Å². The maximum atomic E-state index is 12.4. The van der Waals surface area contributed by atoms with Crippen molar-refractivity contribution >= 4 is 27.5 Å². The van der Waals surface area contributed by atoms with Gasteiger partial charge in [0.05, 0.1) is 6.04 Å². The summed E-state index contributed by atoms with van der Waals surface area (Å²) in [6.45, 7) is 1.70. The standard InChI is InChI=1S/C21H26BrN3O/c1-24(2)20(14-23-21(26)15-6-9-18(22)10-7-15)17-8-11-19-16(13-17)5-4-12-25(19)3/h6-11,13,20H,4-5,12,14H2,1-3H3,(H,23,26)/t20-/m1/s1. The second-order valence-corrected chi connectivity index (χ2v) is 8.03. The molecule has 1 aliphatic rings. The molecule has 3 rings (SSSR count). The molecule has 0 radical (unpaired) electrons. The summed E-state index contributed by atoms with van der Waals surface area (Å²) in [5.74, 6) is -0.0398. The van der Waals surface area contributed by atoms with Crippen molar-refractivity contribution < 1.29 is 4.79 Å². The average Bonchev–Trinajstić information content (AvgIpc) is 2.62. The van der Waals surface area contributed by atoms with Gasteiger partial charge in [0.2, 0.25) is 0 Å². The van der Waals surface area contributed by atoms with E-state index in [-0.39, 0.29) is 11.9 Å². The fourth-order valence-electron chi connectivity index (χ4n) is 3.50. The van der Waals surface area contributed by atoms with Crippen molar-refractivity contribution in [3.8, 4) is 0 Å². The predicted molar refractivity (Wildman–Crippen MR) is 111 cm³/mol. The van der Waals surface area contributed by atoms with Crippen LogP contribution in [0, 0.1) is 0 Å². The number of aryl methyl sites for hydroxylation is 1. The normalized spacial score (nSPS) is 14.9. The summed E-state index contributed by atoms with van der Waals surface area (Å²) >= 11 is 3.40. The van der Waals surface area contributed by atoms with Gasteiger partial charge in [-0.05, 0) is 68.4 Å². The smallest absolute Gasteiger partial charge is 0.251 e. The molecule has 0 spiro atoms. The summed E-state index contributed by atoms with van der Waals surface area (Å²) in [6, 6.07) is 14.3. The maximum absolute atomic E-state index is 12.4. The molecule has 0 unspecified atom stereocenters. The van der Waals surface area contributed by atoms with Gasteiger partial charge in [-0.2, -0.15) is 0 Å². The summed E-state index contributed by atoms with van der Waals surface area (Å²) < 4.78 is 0.972. The topological polar surface area (TPSA) is 35.6 Å². The molecule has 0 aliphatic carbocycles. The summed E-state index contributed by atoms with van der Waals surface area (Å²) in [5.41, 5.74) is 4.66. The minimum Gasteiger partial charge on any atom is -0.374 e. The molecule has 2 aromatic rings. The highest BCUT2D eigenvalue weighted by atomic mass is 79.9. The molecule has 1 atom stereocenters. The molecule has 1 aliphatic heterocycles. The lowest BCUT2D eigenvalue weighted by atomic mass is 9.96. The number of nitrogens with zero attached hydrogens (tertiary/aromatic N) is 2. The van der Waals surface area contributed by atoms with Crippen LogP contribution in [0.1, 0.15) is 33.9 Å². The third-order valence-corrected chi connectivity index (χ3v) is 5.55. The number of carbonyl (C=O) groups is 1. The fraction of sp³-hybridized carbons (Fsp3) is 0.381. The van der Waals surface area contributed by atoms with Crippen LogP contribution in [0.4, 0.5) is 5.69 Å². The number of hydrogen-bond acceptors (Lipinski definition) is 3. The van der Waals surface area contributed by atoms with Crippen LogP contribution in [-0.2, 0) is 6.42 Å². The van der Waals surface area contributed by atoms with E-state index in [0.717, 1.165) is 17.4 Å². The molecular weight excluding hydrogens is 390 g/mol. The minimum atomic E-state index is -0.0398. The van der Waals surface area contributed by atoms with Crippen molar-refractivity contribution in [2.24, 2.45) is 0 Å². The first-order chi connectivity index (χ1) is 12.5. The molecule has 0 saturated carbocycles. The second kappa shape index (κ2) is 8.23. The molecule has 4 nitrogen and oxygen atoms in total. The number of hydrogen-bond donors (Lipinski definition) is 1. The predicted octanol–water partition coefficient (Wildman–Crippen LogP) is 3.86. The van der Waals surface area contributed by atoms with E-state index in [1.165, 1.54) is 23.2 Å². The molecule has 0 fully saturated rings. The third kappa shape index (κ3) is 4.27.